The largest absolute Gasteiger partial charge is 0.495 e. The van der Waals surface area contributed by atoms with Gasteiger partial charge in [0.15, 0.2) is 0 Å². The first-order chi connectivity index (χ1) is 14.5. The van der Waals surface area contributed by atoms with Crippen molar-refractivity contribution >= 4 is 44.9 Å². The Morgan fingerprint density at radius 1 is 1.13 bits per heavy atom. The van der Waals surface area contributed by atoms with Crippen molar-refractivity contribution in [2.75, 3.05) is 24.3 Å². The second-order valence-electron chi connectivity index (χ2n) is 6.47. The van der Waals surface area contributed by atoms with Gasteiger partial charge in [-0.15, -0.1) is 0 Å². The SMILES string of the molecule is COc1cc2c(cc1NC(=O)CNc1ccc(F)c([N+](=O)[O-])c1)oc1ccccc12. The molecular weight excluding hydrogens is 393 g/mol. The van der Waals surface area contributed by atoms with Gasteiger partial charge in [-0.25, -0.2) is 0 Å². The molecule has 4 aromatic rings. The highest BCUT2D eigenvalue weighted by molar-refractivity contribution is 6.08. The number of hydrogen-bond acceptors (Lipinski definition) is 6. The molecule has 1 amide bonds. The average Bonchev–Trinajstić information content (AvgIpc) is 3.09. The summed E-state index contributed by atoms with van der Waals surface area (Å²) >= 11 is 0. The predicted molar refractivity (Wildman–Crippen MR) is 110 cm³/mol. The third-order valence-electron chi connectivity index (χ3n) is 4.57. The molecule has 0 spiro atoms. The number of nitrogens with zero attached hydrogens (tertiary/aromatic N) is 1. The highest BCUT2D eigenvalue weighted by Crippen LogP contribution is 2.36. The lowest BCUT2D eigenvalue weighted by Crippen LogP contribution is -2.22. The summed E-state index contributed by atoms with van der Waals surface area (Å²) in [6.07, 6.45) is 0. The number of nitrogens with one attached hydrogen (secondary N) is 2. The molecule has 0 radical (unpaired) electrons. The average molecular weight is 409 g/mol. The summed E-state index contributed by atoms with van der Waals surface area (Å²) in [4.78, 5) is 22.4. The Hall–Kier alpha value is -4.14. The van der Waals surface area contributed by atoms with Crippen LogP contribution in [0.2, 0.25) is 0 Å². The Labute approximate surface area is 169 Å². The molecule has 0 saturated heterocycles. The van der Waals surface area contributed by atoms with Crippen molar-refractivity contribution in [2.45, 2.75) is 0 Å². The lowest BCUT2D eigenvalue weighted by atomic mass is 10.1. The lowest BCUT2D eigenvalue weighted by Gasteiger charge is -2.11. The molecule has 0 atom stereocenters. The molecular formula is C21H16FN3O5. The molecule has 0 fully saturated rings. The van der Waals surface area contributed by atoms with Crippen molar-refractivity contribution in [1.82, 2.24) is 0 Å². The van der Waals surface area contributed by atoms with Crippen LogP contribution in [0.25, 0.3) is 21.9 Å². The molecule has 0 unspecified atom stereocenters. The Morgan fingerprint density at radius 2 is 1.93 bits per heavy atom. The number of carbonyl (C=O) groups excluding carboxylic acids is 1. The molecule has 8 nitrogen and oxygen atoms in total. The van der Waals surface area contributed by atoms with E-state index < -0.39 is 22.3 Å². The number of carbonyl (C=O) groups is 1. The number of rotatable bonds is 6. The zero-order chi connectivity index (χ0) is 21.3. The lowest BCUT2D eigenvalue weighted by molar-refractivity contribution is -0.387. The van der Waals surface area contributed by atoms with Gasteiger partial charge in [0, 0.05) is 28.6 Å². The van der Waals surface area contributed by atoms with E-state index in [1.165, 1.54) is 13.2 Å². The van der Waals surface area contributed by atoms with Gasteiger partial charge in [-0.3, -0.25) is 14.9 Å². The summed E-state index contributed by atoms with van der Waals surface area (Å²) in [6, 6.07) is 14.3. The van der Waals surface area contributed by atoms with E-state index >= 15 is 0 Å². The van der Waals surface area contributed by atoms with E-state index in [-0.39, 0.29) is 12.2 Å². The van der Waals surface area contributed by atoms with Gasteiger partial charge in [0.25, 0.3) is 0 Å². The topological polar surface area (TPSA) is 107 Å². The number of benzene rings is 3. The van der Waals surface area contributed by atoms with Gasteiger partial charge in [0.05, 0.1) is 24.3 Å². The zero-order valence-electron chi connectivity index (χ0n) is 15.8. The van der Waals surface area contributed by atoms with E-state index in [0.29, 0.717) is 17.0 Å². The van der Waals surface area contributed by atoms with Crippen LogP contribution in [0.1, 0.15) is 0 Å². The number of para-hydroxylation sites is 1. The minimum absolute atomic E-state index is 0.190. The van der Waals surface area contributed by atoms with Gasteiger partial charge in [0.2, 0.25) is 11.7 Å². The Kier molecular flexibility index (Phi) is 4.93. The fourth-order valence-electron chi connectivity index (χ4n) is 3.16. The van der Waals surface area contributed by atoms with Crippen LogP contribution in [0.3, 0.4) is 0 Å². The van der Waals surface area contributed by atoms with Gasteiger partial charge in [-0.1, -0.05) is 18.2 Å². The maximum absolute atomic E-state index is 13.4. The quantitative estimate of drug-likeness (QED) is 0.353. The number of amides is 1. The van der Waals surface area contributed by atoms with Crippen LogP contribution in [0.5, 0.6) is 5.75 Å². The molecule has 2 N–H and O–H groups in total. The molecule has 3 aromatic carbocycles. The molecule has 0 saturated carbocycles. The molecule has 0 aliphatic rings. The number of methoxy groups -OCH3 is 1. The van der Waals surface area contributed by atoms with Crippen LogP contribution < -0.4 is 15.4 Å². The van der Waals surface area contributed by atoms with Gasteiger partial charge in [-0.05, 0) is 24.3 Å². The minimum Gasteiger partial charge on any atom is -0.495 e. The normalized spacial score (nSPS) is 10.9. The summed E-state index contributed by atoms with van der Waals surface area (Å²) in [6.45, 7) is -0.190. The smallest absolute Gasteiger partial charge is 0.306 e. The highest BCUT2D eigenvalue weighted by atomic mass is 19.1. The first-order valence-corrected chi connectivity index (χ1v) is 8.93. The van der Waals surface area contributed by atoms with Gasteiger partial charge in [-0.2, -0.15) is 4.39 Å². The number of nitro benzene ring substituents is 1. The Balaban J connectivity index is 1.53. The van der Waals surface area contributed by atoms with E-state index in [1.807, 2.05) is 24.3 Å². The molecule has 0 aliphatic carbocycles. The molecule has 4 rings (SSSR count). The van der Waals surface area contributed by atoms with E-state index in [0.717, 1.165) is 28.5 Å². The summed E-state index contributed by atoms with van der Waals surface area (Å²) in [7, 11) is 1.50. The number of fused-ring (bicyclic) bond motifs is 3. The maximum Gasteiger partial charge on any atom is 0.306 e. The summed E-state index contributed by atoms with van der Waals surface area (Å²) < 4.78 is 24.6. The summed E-state index contributed by atoms with van der Waals surface area (Å²) in [5.41, 5.74) is 1.31. The second-order valence-corrected chi connectivity index (χ2v) is 6.47. The number of halogens is 1. The molecule has 0 bridgehead atoms. The maximum atomic E-state index is 13.4. The number of anilines is 2. The fourth-order valence-corrected chi connectivity index (χ4v) is 3.16. The minimum atomic E-state index is -0.945. The van der Waals surface area contributed by atoms with Crippen LogP contribution in [-0.2, 0) is 4.79 Å². The first-order valence-electron chi connectivity index (χ1n) is 8.93. The number of nitro groups is 1. The molecule has 9 heteroatoms. The third kappa shape index (κ3) is 3.60. The van der Waals surface area contributed by atoms with Crippen LogP contribution in [0.4, 0.5) is 21.5 Å². The van der Waals surface area contributed by atoms with Crippen molar-refractivity contribution < 1.29 is 23.3 Å². The highest BCUT2D eigenvalue weighted by Gasteiger charge is 2.16. The Bertz CT molecular complexity index is 1280. The van der Waals surface area contributed by atoms with Crippen molar-refractivity contribution in [2.24, 2.45) is 0 Å². The van der Waals surface area contributed by atoms with Crippen LogP contribution >= 0.6 is 0 Å². The van der Waals surface area contributed by atoms with E-state index in [9.17, 15) is 19.3 Å². The van der Waals surface area contributed by atoms with Crippen molar-refractivity contribution in [3.8, 4) is 5.75 Å². The van der Waals surface area contributed by atoms with Crippen molar-refractivity contribution in [1.29, 1.82) is 0 Å². The summed E-state index contributed by atoms with van der Waals surface area (Å²) in [5.74, 6) is -0.908. The van der Waals surface area contributed by atoms with Crippen LogP contribution in [0.15, 0.2) is 59.0 Å². The molecule has 1 aromatic heterocycles. The van der Waals surface area contributed by atoms with E-state index in [2.05, 4.69) is 10.6 Å². The van der Waals surface area contributed by atoms with Crippen LogP contribution in [-0.4, -0.2) is 24.5 Å². The fraction of sp³-hybridized carbons (Fsp3) is 0.0952. The monoisotopic (exact) mass is 409 g/mol. The standard InChI is InChI=1S/C21H16FN3O5/c1-29-20-9-14-13-4-2-3-5-18(13)30-19(14)10-16(20)24-21(26)11-23-12-6-7-15(22)17(8-12)25(27)28/h2-10,23H,11H2,1H3,(H,24,26). The van der Waals surface area contributed by atoms with Crippen LogP contribution in [0, 0.1) is 15.9 Å². The predicted octanol–water partition coefficient (Wildman–Crippen LogP) is 4.69. The third-order valence-corrected chi connectivity index (χ3v) is 4.57. The van der Waals surface area contributed by atoms with Gasteiger partial charge >= 0.3 is 5.69 Å². The van der Waals surface area contributed by atoms with Gasteiger partial charge in [0.1, 0.15) is 16.9 Å². The Morgan fingerprint density at radius 3 is 2.70 bits per heavy atom. The number of furan rings is 1. The van der Waals surface area contributed by atoms with E-state index in [1.54, 1.807) is 12.1 Å². The molecule has 30 heavy (non-hydrogen) atoms. The van der Waals surface area contributed by atoms with Gasteiger partial charge < -0.3 is 19.8 Å². The summed E-state index contributed by atoms with van der Waals surface area (Å²) in [5, 5.41) is 18.1. The van der Waals surface area contributed by atoms with Crippen molar-refractivity contribution in [3.05, 3.63) is 70.5 Å². The van der Waals surface area contributed by atoms with E-state index in [4.69, 9.17) is 9.15 Å². The second kappa shape index (κ2) is 7.70. The molecule has 152 valence electrons. The first kappa shape index (κ1) is 19.2. The molecule has 1 heterocycles. The number of ether oxygens (including phenoxy) is 1. The number of hydrogen-bond donors (Lipinski definition) is 2. The zero-order valence-corrected chi connectivity index (χ0v) is 15.8. The molecule has 0 aliphatic heterocycles. The van der Waals surface area contributed by atoms with Crippen molar-refractivity contribution in [3.63, 3.8) is 0 Å².